The highest BCUT2D eigenvalue weighted by Crippen LogP contribution is 2.55. The third kappa shape index (κ3) is 3.22. The molecule has 0 unspecified atom stereocenters. The quantitative estimate of drug-likeness (QED) is 0.577. The lowest BCUT2D eigenvalue weighted by molar-refractivity contribution is 0.191. The van der Waals surface area contributed by atoms with Gasteiger partial charge >= 0.3 is 0 Å². The highest BCUT2D eigenvalue weighted by Gasteiger charge is 2.34. The van der Waals surface area contributed by atoms with Crippen molar-refractivity contribution in [2.45, 2.75) is 23.2 Å². The number of rotatable bonds is 3. The summed E-state index contributed by atoms with van der Waals surface area (Å²) >= 11 is 8.14. The average molecular weight is 387 g/mol. The van der Waals surface area contributed by atoms with Gasteiger partial charge in [0.15, 0.2) is 0 Å². The number of phenolic OH excluding ortho intramolecular Hbond substituents is 2. The number of hydrogen-bond donors (Lipinski definition) is 2. The monoisotopic (exact) mass is 386 g/mol. The third-order valence-electron chi connectivity index (χ3n) is 4.36. The molecule has 0 fully saturated rings. The van der Waals surface area contributed by atoms with Crippen LogP contribution in [0.25, 0.3) is 0 Å². The molecular formula is C21H17ClO3S. The molecule has 0 radical (unpaired) electrons. The summed E-state index contributed by atoms with van der Waals surface area (Å²) in [6.45, 7) is 1.99. The fourth-order valence-corrected chi connectivity index (χ4v) is 4.77. The standard InChI is InChI=1S/C21H17ClO3S/c1-12-10-17(22)21-18(11-12)25-19(13-2-6-15(23)7-3-13)20(26-21)14-4-8-16(24)9-5-14/h2-11,19-20,23-24H,1H3/t19-,20+/m1/s1/i/hT. The molecule has 3 aromatic carbocycles. The van der Waals surface area contributed by atoms with Crippen LogP contribution in [0.2, 0.25) is 5.02 Å². The summed E-state index contributed by atoms with van der Waals surface area (Å²) < 4.78 is 13.4. The number of phenols is 2. The summed E-state index contributed by atoms with van der Waals surface area (Å²) in [6, 6.07) is 18.4. The van der Waals surface area contributed by atoms with Crippen LogP contribution in [0.3, 0.4) is 0 Å². The van der Waals surface area contributed by atoms with Gasteiger partial charge in [-0.1, -0.05) is 35.9 Å². The Morgan fingerprint density at radius 2 is 1.65 bits per heavy atom. The maximum atomic E-state index is 9.63. The second-order valence-corrected chi connectivity index (χ2v) is 7.87. The largest absolute Gasteiger partial charge is 0.508 e. The van der Waals surface area contributed by atoms with Crippen molar-refractivity contribution in [2.75, 3.05) is 0 Å². The summed E-state index contributed by atoms with van der Waals surface area (Å²) in [5.74, 6) is 1.47. The number of halogens is 1. The number of aryl methyl sites for hydroxylation is 1. The Morgan fingerprint density at radius 1 is 1.00 bits per heavy atom. The summed E-state index contributed by atoms with van der Waals surface area (Å²) in [5.41, 5.74) is 3.05. The van der Waals surface area contributed by atoms with E-state index in [0.717, 1.165) is 27.3 Å². The SMILES string of the molecule is [3H]Oc1ccc([C@@H]2Sc3c(Cl)cc(C)cc3O[C@@H]2c2ccc(O)cc2)cc1. The smallest absolute Gasteiger partial charge is 0.293 e. The van der Waals surface area contributed by atoms with Crippen LogP contribution in [0.15, 0.2) is 65.6 Å². The van der Waals surface area contributed by atoms with Crippen LogP contribution in [0.5, 0.6) is 17.2 Å². The fraction of sp³-hybridized carbons (Fsp3) is 0.143. The van der Waals surface area contributed by atoms with Crippen molar-refractivity contribution in [2.24, 2.45) is 0 Å². The van der Waals surface area contributed by atoms with Crippen LogP contribution in [-0.4, -0.2) is 11.6 Å². The molecule has 1 aliphatic rings. The van der Waals surface area contributed by atoms with E-state index in [4.69, 9.17) is 17.8 Å². The number of benzene rings is 3. The van der Waals surface area contributed by atoms with E-state index >= 15 is 0 Å². The maximum Gasteiger partial charge on any atom is 0.293 e. The van der Waals surface area contributed by atoms with E-state index in [1.807, 2.05) is 43.3 Å². The molecule has 26 heavy (non-hydrogen) atoms. The molecule has 2 N–H and O–H groups in total. The normalized spacial score (nSPS) is 19.2. The van der Waals surface area contributed by atoms with Gasteiger partial charge in [0.1, 0.15) is 23.4 Å². The summed E-state index contributed by atoms with van der Waals surface area (Å²) in [6.07, 6.45) is -0.247. The van der Waals surface area contributed by atoms with Crippen molar-refractivity contribution in [3.05, 3.63) is 82.4 Å². The van der Waals surface area contributed by atoms with Gasteiger partial charge in [0.05, 0.1) is 15.2 Å². The highest BCUT2D eigenvalue weighted by molar-refractivity contribution is 7.99. The van der Waals surface area contributed by atoms with Crippen molar-refractivity contribution < 1.29 is 15.0 Å². The average Bonchev–Trinajstić information content (AvgIpc) is 2.68. The summed E-state index contributed by atoms with van der Waals surface area (Å²) in [7, 11) is 0. The number of fused-ring (bicyclic) bond motifs is 1. The lowest BCUT2D eigenvalue weighted by atomic mass is 10.00. The number of hydrogen-bond acceptors (Lipinski definition) is 4. The lowest BCUT2D eigenvalue weighted by Crippen LogP contribution is -2.19. The van der Waals surface area contributed by atoms with E-state index in [1.165, 1.54) is 0 Å². The zero-order valence-electron chi connectivity index (χ0n) is 15.0. The molecule has 1 aliphatic heterocycles. The van der Waals surface area contributed by atoms with E-state index in [2.05, 4.69) is 5.11 Å². The molecule has 132 valence electrons. The van der Waals surface area contributed by atoms with Gasteiger partial charge in [-0.15, -0.1) is 11.8 Å². The number of ether oxygens (including phenoxy) is 1. The first-order valence-electron chi connectivity index (χ1n) is 8.61. The Kier molecular flexibility index (Phi) is 4.15. The second-order valence-electron chi connectivity index (χ2n) is 6.31. The fourth-order valence-electron chi connectivity index (χ4n) is 3.09. The number of thioether (sulfide) groups is 1. The van der Waals surface area contributed by atoms with Crippen LogP contribution >= 0.6 is 23.4 Å². The van der Waals surface area contributed by atoms with Crippen molar-refractivity contribution in [3.8, 4) is 17.2 Å². The van der Waals surface area contributed by atoms with Crippen LogP contribution in [0, 0.1) is 6.92 Å². The van der Waals surface area contributed by atoms with E-state index in [9.17, 15) is 5.11 Å². The third-order valence-corrected chi connectivity index (χ3v) is 6.20. The van der Waals surface area contributed by atoms with E-state index in [1.54, 1.807) is 36.0 Å². The van der Waals surface area contributed by atoms with Gasteiger partial charge in [0.2, 0.25) is 0 Å². The first kappa shape index (κ1) is 15.9. The molecule has 5 heteroatoms. The zero-order valence-corrected chi connectivity index (χ0v) is 15.6. The van der Waals surface area contributed by atoms with Gasteiger partial charge in [-0.3, -0.25) is 0 Å². The van der Waals surface area contributed by atoms with E-state index < -0.39 is 0 Å². The van der Waals surface area contributed by atoms with Crippen molar-refractivity contribution >= 4 is 23.4 Å². The van der Waals surface area contributed by atoms with Crippen LogP contribution < -0.4 is 4.74 Å². The topological polar surface area (TPSA) is 49.7 Å². The molecule has 0 aromatic heterocycles. The van der Waals surface area contributed by atoms with Gasteiger partial charge in [-0.05, 0) is 60.0 Å². The molecule has 0 aliphatic carbocycles. The van der Waals surface area contributed by atoms with Gasteiger partial charge in [-0.2, -0.15) is 0 Å². The Balaban J connectivity index is 1.79. The Hall–Kier alpha value is -2.30. The Morgan fingerprint density at radius 3 is 2.35 bits per heavy atom. The maximum absolute atomic E-state index is 9.63. The molecular weight excluding hydrogens is 368 g/mol. The molecule has 4 rings (SSSR count). The molecule has 3 aromatic rings. The first-order valence-corrected chi connectivity index (χ1v) is 9.46. The van der Waals surface area contributed by atoms with Crippen LogP contribution in [0.1, 0.15) is 28.0 Å². The minimum absolute atomic E-state index is 0.0398. The molecule has 1 heterocycles. The molecule has 0 spiro atoms. The lowest BCUT2D eigenvalue weighted by Gasteiger charge is -2.34. The zero-order chi connectivity index (χ0) is 19.0. The van der Waals surface area contributed by atoms with Crippen molar-refractivity contribution in [1.29, 1.82) is 1.43 Å². The van der Waals surface area contributed by atoms with E-state index in [-0.39, 0.29) is 17.1 Å². The summed E-state index contributed by atoms with van der Waals surface area (Å²) in [4.78, 5) is 0.920. The minimum atomic E-state index is -0.247. The summed E-state index contributed by atoms with van der Waals surface area (Å²) in [5, 5.41) is 14.8. The van der Waals surface area contributed by atoms with E-state index in [0.29, 0.717) is 10.8 Å². The van der Waals surface area contributed by atoms with Crippen molar-refractivity contribution in [3.63, 3.8) is 0 Å². The molecule has 0 bridgehead atoms. The molecule has 0 amide bonds. The predicted octanol–water partition coefficient (Wildman–Crippen LogP) is 6.03. The molecule has 2 atom stereocenters. The Bertz CT molecular complexity index is 960. The number of aromatic hydroxyl groups is 2. The highest BCUT2D eigenvalue weighted by atomic mass is 35.5. The minimum Gasteiger partial charge on any atom is -0.508 e. The predicted molar refractivity (Wildman–Crippen MR) is 104 cm³/mol. The van der Waals surface area contributed by atoms with Crippen LogP contribution in [-0.2, 0) is 0 Å². The van der Waals surface area contributed by atoms with Gasteiger partial charge in [-0.25, -0.2) is 0 Å². The van der Waals surface area contributed by atoms with Crippen LogP contribution in [0.4, 0.5) is 0 Å². The van der Waals surface area contributed by atoms with Gasteiger partial charge in [0, 0.05) is 0 Å². The molecule has 0 saturated carbocycles. The molecule has 3 nitrogen and oxygen atoms in total. The molecule has 0 saturated heterocycles. The first-order chi connectivity index (χ1) is 13.0. The van der Waals surface area contributed by atoms with Gasteiger partial charge < -0.3 is 15.0 Å². The second kappa shape index (κ2) is 6.78. The Labute approximate surface area is 162 Å². The van der Waals surface area contributed by atoms with Crippen molar-refractivity contribution in [1.82, 2.24) is 0 Å². The van der Waals surface area contributed by atoms with Gasteiger partial charge in [0.25, 0.3) is 1.43 Å².